The Morgan fingerprint density at radius 1 is 1.30 bits per heavy atom. The van der Waals surface area contributed by atoms with Crippen LogP contribution in [-0.2, 0) is 11.3 Å². The minimum atomic E-state index is -4.68. The molecule has 7 heteroatoms. The maximum absolute atomic E-state index is 12.0. The smallest absolute Gasteiger partial charge is 0.406 e. The zero-order chi connectivity index (χ0) is 14.6. The van der Waals surface area contributed by atoms with Gasteiger partial charge in [-0.15, -0.1) is 13.2 Å². The Morgan fingerprint density at radius 3 is 2.55 bits per heavy atom. The van der Waals surface area contributed by atoms with Gasteiger partial charge in [0.05, 0.1) is 6.61 Å². The third-order valence-electron chi connectivity index (χ3n) is 3.02. The summed E-state index contributed by atoms with van der Waals surface area (Å²) in [6.45, 7) is 1.68. The summed E-state index contributed by atoms with van der Waals surface area (Å²) in [6.07, 6.45) is -4.09. The van der Waals surface area contributed by atoms with E-state index in [-0.39, 0.29) is 5.75 Å². The average Bonchev–Trinajstić information content (AvgIpc) is 2.77. The predicted molar refractivity (Wildman–Crippen MR) is 65.2 cm³/mol. The molecule has 0 amide bonds. The topological polar surface area (TPSA) is 50.7 Å². The number of hydrogen-bond donors (Lipinski definition) is 2. The second-order valence-corrected chi connectivity index (χ2v) is 4.82. The number of ether oxygens (including phenoxy) is 2. The largest absolute Gasteiger partial charge is 0.573 e. The van der Waals surface area contributed by atoms with E-state index in [0.29, 0.717) is 32.7 Å². The molecule has 112 valence electrons. The summed E-state index contributed by atoms with van der Waals surface area (Å²) in [5.41, 5.74) is -0.0404. The number of alkyl halides is 3. The Kier molecular flexibility index (Phi) is 4.52. The standard InChI is InChI=1S/C13H16F3NO3/c14-13(15,16)20-11-3-1-10(2-4-11)7-17-8-12(18)5-6-19-9-12/h1-4,17-18H,5-9H2. The van der Waals surface area contributed by atoms with Crippen LogP contribution in [0.15, 0.2) is 24.3 Å². The van der Waals surface area contributed by atoms with Gasteiger partial charge in [0.2, 0.25) is 0 Å². The molecule has 0 radical (unpaired) electrons. The monoisotopic (exact) mass is 291 g/mol. The van der Waals surface area contributed by atoms with Gasteiger partial charge >= 0.3 is 6.36 Å². The number of hydrogen-bond acceptors (Lipinski definition) is 4. The SMILES string of the molecule is OC1(CNCc2ccc(OC(F)(F)F)cc2)CCOC1. The molecule has 0 spiro atoms. The summed E-state index contributed by atoms with van der Waals surface area (Å²) in [5.74, 6) is -0.246. The van der Waals surface area contributed by atoms with Crippen molar-refractivity contribution in [2.24, 2.45) is 0 Å². The van der Waals surface area contributed by atoms with Gasteiger partial charge in [0, 0.05) is 26.1 Å². The highest BCUT2D eigenvalue weighted by Crippen LogP contribution is 2.23. The molecule has 1 aliphatic heterocycles. The van der Waals surface area contributed by atoms with Crippen molar-refractivity contribution in [3.63, 3.8) is 0 Å². The van der Waals surface area contributed by atoms with E-state index in [1.165, 1.54) is 12.1 Å². The van der Waals surface area contributed by atoms with Gasteiger partial charge in [0.1, 0.15) is 11.4 Å². The van der Waals surface area contributed by atoms with Gasteiger partial charge in [0.25, 0.3) is 0 Å². The molecule has 1 unspecified atom stereocenters. The average molecular weight is 291 g/mol. The molecule has 1 aliphatic rings. The van der Waals surface area contributed by atoms with E-state index in [1.54, 1.807) is 12.1 Å². The molecule has 1 aromatic carbocycles. The minimum absolute atomic E-state index is 0.246. The van der Waals surface area contributed by atoms with Crippen LogP contribution in [0.25, 0.3) is 0 Å². The highest BCUT2D eigenvalue weighted by atomic mass is 19.4. The van der Waals surface area contributed by atoms with Crippen molar-refractivity contribution in [3.8, 4) is 5.75 Å². The Hall–Kier alpha value is -1.31. The summed E-state index contributed by atoms with van der Waals surface area (Å²) in [6, 6.07) is 5.61. The van der Waals surface area contributed by atoms with Crippen LogP contribution in [-0.4, -0.2) is 36.8 Å². The molecule has 2 N–H and O–H groups in total. The quantitative estimate of drug-likeness (QED) is 0.869. The summed E-state index contributed by atoms with van der Waals surface area (Å²) >= 11 is 0. The second-order valence-electron chi connectivity index (χ2n) is 4.82. The fraction of sp³-hybridized carbons (Fsp3) is 0.538. The van der Waals surface area contributed by atoms with Gasteiger partial charge in [0.15, 0.2) is 0 Å². The van der Waals surface area contributed by atoms with Crippen molar-refractivity contribution >= 4 is 0 Å². The molecule has 0 aliphatic carbocycles. The lowest BCUT2D eigenvalue weighted by Crippen LogP contribution is -2.40. The number of halogens is 3. The van der Waals surface area contributed by atoms with Crippen molar-refractivity contribution < 1.29 is 27.8 Å². The van der Waals surface area contributed by atoms with Crippen LogP contribution in [0.3, 0.4) is 0 Å². The van der Waals surface area contributed by atoms with Crippen LogP contribution in [0.5, 0.6) is 5.75 Å². The maximum atomic E-state index is 12.0. The molecule has 2 rings (SSSR count). The van der Waals surface area contributed by atoms with E-state index in [4.69, 9.17) is 4.74 Å². The fourth-order valence-electron chi connectivity index (χ4n) is 1.98. The van der Waals surface area contributed by atoms with Gasteiger partial charge in [-0.25, -0.2) is 0 Å². The van der Waals surface area contributed by atoms with E-state index in [1.807, 2.05) is 0 Å². The lowest BCUT2D eigenvalue weighted by atomic mass is 10.0. The molecule has 0 bridgehead atoms. The number of nitrogens with one attached hydrogen (secondary N) is 1. The first-order chi connectivity index (χ1) is 9.36. The second kappa shape index (κ2) is 5.99. The van der Waals surface area contributed by atoms with Gasteiger partial charge in [-0.05, 0) is 17.7 Å². The van der Waals surface area contributed by atoms with Crippen molar-refractivity contribution in [1.29, 1.82) is 0 Å². The Labute approximate surface area is 114 Å². The molecule has 0 aromatic heterocycles. The molecule has 20 heavy (non-hydrogen) atoms. The Morgan fingerprint density at radius 2 is 2.00 bits per heavy atom. The van der Waals surface area contributed by atoms with Crippen LogP contribution in [0.2, 0.25) is 0 Å². The van der Waals surface area contributed by atoms with E-state index in [0.717, 1.165) is 5.56 Å². The predicted octanol–water partition coefficient (Wildman–Crippen LogP) is 1.83. The molecule has 1 atom stereocenters. The van der Waals surface area contributed by atoms with E-state index in [2.05, 4.69) is 10.1 Å². The van der Waals surface area contributed by atoms with Crippen LogP contribution >= 0.6 is 0 Å². The lowest BCUT2D eigenvalue weighted by Gasteiger charge is -2.20. The molecule has 1 saturated heterocycles. The van der Waals surface area contributed by atoms with Crippen LogP contribution in [0.4, 0.5) is 13.2 Å². The van der Waals surface area contributed by atoms with Gasteiger partial charge in [-0.3, -0.25) is 0 Å². The number of aliphatic hydroxyl groups is 1. The van der Waals surface area contributed by atoms with Gasteiger partial charge < -0.3 is 19.9 Å². The van der Waals surface area contributed by atoms with E-state index >= 15 is 0 Å². The number of benzene rings is 1. The van der Waals surface area contributed by atoms with Gasteiger partial charge in [-0.2, -0.15) is 0 Å². The lowest BCUT2D eigenvalue weighted by molar-refractivity contribution is -0.274. The zero-order valence-corrected chi connectivity index (χ0v) is 10.7. The zero-order valence-electron chi connectivity index (χ0n) is 10.7. The van der Waals surface area contributed by atoms with Crippen molar-refractivity contribution in [1.82, 2.24) is 5.32 Å². The third-order valence-corrected chi connectivity index (χ3v) is 3.02. The Bertz CT molecular complexity index is 427. The van der Waals surface area contributed by atoms with E-state index < -0.39 is 12.0 Å². The molecular weight excluding hydrogens is 275 g/mol. The summed E-state index contributed by atoms with van der Waals surface area (Å²) in [4.78, 5) is 0. The minimum Gasteiger partial charge on any atom is -0.406 e. The normalized spacial score (nSPS) is 23.0. The first kappa shape index (κ1) is 15.1. The van der Waals surface area contributed by atoms with Crippen LogP contribution in [0.1, 0.15) is 12.0 Å². The summed E-state index contributed by atoms with van der Waals surface area (Å²) in [5, 5.41) is 13.1. The van der Waals surface area contributed by atoms with Crippen molar-refractivity contribution in [2.45, 2.75) is 24.9 Å². The van der Waals surface area contributed by atoms with Gasteiger partial charge in [-0.1, -0.05) is 12.1 Å². The number of rotatable bonds is 5. The summed E-state index contributed by atoms with van der Waals surface area (Å²) < 4.78 is 44.8. The highest BCUT2D eigenvalue weighted by molar-refractivity contribution is 5.27. The van der Waals surface area contributed by atoms with E-state index in [9.17, 15) is 18.3 Å². The molecule has 1 heterocycles. The fourth-order valence-corrected chi connectivity index (χ4v) is 1.98. The first-order valence-corrected chi connectivity index (χ1v) is 6.22. The van der Waals surface area contributed by atoms with Crippen molar-refractivity contribution in [3.05, 3.63) is 29.8 Å². The van der Waals surface area contributed by atoms with Crippen molar-refractivity contribution in [2.75, 3.05) is 19.8 Å². The molecule has 4 nitrogen and oxygen atoms in total. The molecular formula is C13H16F3NO3. The van der Waals surface area contributed by atoms with Crippen LogP contribution < -0.4 is 10.1 Å². The summed E-state index contributed by atoms with van der Waals surface area (Å²) in [7, 11) is 0. The molecule has 0 saturated carbocycles. The van der Waals surface area contributed by atoms with Crippen LogP contribution in [0, 0.1) is 0 Å². The maximum Gasteiger partial charge on any atom is 0.573 e. The molecule has 1 aromatic rings. The first-order valence-electron chi connectivity index (χ1n) is 6.22. The third kappa shape index (κ3) is 4.66. The highest BCUT2D eigenvalue weighted by Gasteiger charge is 2.32. The molecule has 1 fully saturated rings. The Balaban J connectivity index is 1.79.